The van der Waals surface area contributed by atoms with Crippen LogP contribution in [0.3, 0.4) is 0 Å². The Morgan fingerprint density at radius 1 is 1.12 bits per heavy atom. The number of amides is 2. The molecule has 0 spiro atoms. The minimum Gasteiger partial charge on any atom is -0.360 e. The quantitative estimate of drug-likeness (QED) is 0.738. The number of nitrogens with one attached hydrogen (secondary N) is 2. The molecule has 0 fully saturated rings. The van der Waals surface area contributed by atoms with E-state index in [1.165, 1.54) is 4.90 Å². The lowest BCUT2D eigenvalue weighted by Gasteiger charge is -2.16. The summed E-state index contributed by atoms with van der Waals surface area (Å²) in [6.07, 6.45) is 1.68. The molecule has 2 aromatic carbocycles. The fourth-order valence-corrected chi connectivity index (χ4v) is 2.73. The van der Waals surface area contributed by atoms with Gasteiger partial charge in [-0.1, -0.05) is 41.9 Å². The summed E-state index contributed by atoms with van der Waals surface area (Å²) in [7, 11) is 1.62. The van der Waals surface area contributed by atoms with Gasteiger partial charge in [-0.25, -0.2) is 0 Å². The number of halogens is 1. The number of nitrogens with zero attached hydrogens (tertiary/aromatic N) is 1. The van der Waals surface area contributed by atoms with Crippen molar-refractivity contribution < 1.29 is 9.59 Å². The van der Waals surface area contributed by atoms with E-state index in [9.17, 15) is 9.59 Å². The zero-order chi connectivity index (χ0) is 17.8. The van der Waals surface area contributed by atoms with Gasteiger partial charge in [0.15, 0.2) is 0 Å². The molecule has 6 heteroatoms. The van der Waals surface area contributed by atoms with Crippen molar-refractivity contribution in [1.82, 2.24) is 15.2 Å². The molecule has 0 radical (unpaired) electrons. The molecule has 3 rings (SSSR count). The lowest BCUT2D eigenvalue weighted by Crippen LogP contribution is -2.38. The third kappa shape index (κ3) is 4.00. The van der Waals surface area contributed by atoms with E-state index >= 15 is 0 Å². The Labute approximate surface area is 150 Å². The molecule has 0 atom stereocenters. The second kappa shape index (κ2) is 7.40. The van der Waals surface area contributed by atoms with E-state index in [1.54, 1.807) is 25.4 Å². The highest BCUT2D eigenvalue weighted by atomic mass is 35.5. The molecular formula is C19H18ClN3O2. The van der Waals surface area contributed by atoms with E-state index < -0.39 is 0 Å². The highest BCUT2D eigenvalue weighted by Crippen LogP contribution is 2.18. The topological polar surface area (TPSA) is 65.2 Å². The number of carbonyl (C=O) groups is 2. The van der Waals surface area contributed by atoms with E-state index in [2.05, 4.69) is 10.3 Å². The van der Waals surface area contributed by atoms with Crippen LogP contribution < -0.4 is 5.32 Å². The van der Waals surface area contributed by atoms with Gasteiger partial charge in [0, 0.05) is 35.7 Å². The van der Waals surface area contributed by atoms with Gasteiger partial charge in [-0.2, -0.15) is 0 Å². The number of fused-ring (bicyclic) bond motifs is 1. The number of rotatable bonds is 5. The maximum Gasteiger partial charge on any atom is 0.256 e. The molecule has 0 unspecified atom stereocenters. The van der Waals surface area contributed by atoms with E-state index in [0.29, 0.717) is 17.1 Å². The molecule has 2 amide bonds. The van der Waals surface area contributed by atoms with Crippen LogP contribution in [0.1, 0.15) is 15.9 Å². The zero-order valence-electron chi connectivity index (χ0n) is 13.8. The second-order valence-corrected chi connectivity index (χ2v) is 6.25. The predicted molar refractivity (Wildman–Crippen MR) is 98.6 cm³/mol. The molecule has 0 aliphatic heterocycles. The van der Waals surface area contributed by atoms with Crippen molar-refractivity contribution in [3.05, 3.63) is 70.9 Å². The summed E-state index contributed by atoms with van der Waals surface area (Å²) in [5.74, 6) is -0.412. The largest absolute Gasteiger partial charge is 0.360 e. The van der Waals surface area contributed by atoms with Crippen LogP contribution in [-0.4, -0.2) is 35.3 Å². The number of aromatic nitrogens is 1. The first-order valence-corrected chi connectivity index (χ1v) is 8.25. The standard InChI is InChI=1S/C19H18ClN3O2/c1-23(12-18(24)22-10-13-6-8-14(20)9-7-13)19(25)16-11-21-17-5-3-2-4-15(16)17/h2-9,11,21H,10,12H2,1H3,(H,22,24). The van der Waals surface area contributed by atoms with Gasteiger partial charge in [0.2, 0.25) is 5.91 Å². The SMILES string of the molecule is CN(CC(=O)NCc1ccc(Cl)cc1)C(=O)c1c[nH]c2ccccc12. The second-order valence-electron chi connectivity index (χ2n) is 5.81. The van der Waals surface area contributed by atoms with Crippen LogP contribution >= 0.6 is 11.6 Å². The van der Waals surface area contributed by atoms with Gasteiger partial charge in [-0.15, -0.1) is 0 Å². The molecule has 5 nitrogen and oxygen atoms in total. The van der Waals surface area contributed by atoms with Crippen molar-refractivity contribution in [2.45, 2.75) is 6.54 Å². The van der Waals surface area contributed by atoms with E-state index in [0.717, 1.165) is 16.5 Å². The number of para-hydroxylation sites is 1. The van der Waals surface area contributed by atoms with Gasteiger partial charge < -0.3 is 15.2 Å². The Morgan fingerprint density at radius 3 is 2.60 bits per heavy atom. The Kier molecular flexibility index (Phi) is 5.05. The highest BCUT2D eigenvalue weighted by Gasteiger charge is 2.18. The molecule has 3 aromatic rings. The summed E-state index contributed by atoms with van der Waals surface area (Å²) in [5, 5.41) is 4.30. The van der Waals surface area contributed by atoms with Crippen LogP contribution in [0.15, 0.2) is 54.7 Å². The minimum atomic E-state index is -0.217. The number of H-pyrrole nitrogens is 1. The minimum absolute atomic E-state index is 0.00801. The molecule has 1 aromatic heterocycles. The van der Waals surface area contributed by atoms with Crippen molar-refractivity contribution in [3.8, 4) is 0 Å². The Balaban J connectivity index is 1.59. The van der Waals surface area contributed by atoms with Crippen LogP contribution in [0.25, 0.3) is 10.9 Å². The highest BCUT2D eigenvalue weighted by molar-refractivity contribution is 6.30. The van der Waals surface area contributed by atoms with Crippen LogP contribution in [0, 0.1) is 0 Å². The van der Waals surface area contributed by atoms with Crippen LogP contribution in [0.2, 0.25) is 5.02 Å². The molecule has 1 heterocycles. The van der Waals surface area contributed by atoms with E-state index in [4.69, 9.17) is 11.6 Å². The first-order chi connectivity index (χ1) is 12.0. The van der Waals surface area contributed by atoms with Crippen LogP contribution in [0.4, 0.5) is 0 Å². The molecular weight excluding hydrogens is 338 g/mol. The Bertz CT molecular complexity index is 902. The number of hydrogen-bond donors (Lipinski definition) is 2. The first-order valence-electron chi connectivity index (χ1n) is 7.87. The molecule has 2 N–H and O–H groups in total. The van der Waals surface area contributed by atoms with Gasteiger partial charge in [0.05, 0.1) is 12.1 Å². The maximum absolute atomic E-state index is 12.6. The molecule has 25 heavy (non-hydrogen) atoms. The lowest BCUT2D eigenvalue weighted by atomic mass is 10.1. The molecule has 0 aliphatic carbocycles. The summed E-state index contributed by atoms with van der Waals surface area (Å²) in [5.41, 5.74) is 2.40. The number of hydrogen-bond acceptors (Lipinski definition) is 2. The average molecular weight is 356 g/mol. The molecule has 128 valence electrons. The van der Waals surface area contributed by atoms with Crippen molar-refractivity contribution in [2.24, 2.45) is 0 Å². The van der Waals surface area contributed by atoms with Gasteiger partial charge in [0.25, 0.3) is 5.91 Å². The first kappa shape index (κ1) is 17.0. The summed E-state index contributed by atoms with van der Waals surface area (Å²) in [6, 6.07) is 14.8. The van der Waals surface area contributed by atoms with Gasteiger partial charge in [0.1, 0.15) is 0 Å². The Morgan fingerprint density at radius 2 is 1.84 bits per heavy atom. The number of benzene rings is 2. The van der Waals surface area contributed by atoms with Gasteiger partial charge in [-0.3, -0.25) is 9.59 Å². The summed E-state index contributed by atoms with van der Waals surface area (Å²) < 4.78 is 0. The van der Waals surface area contributed by atoms with Crippen molar-refractivity contribution in [1.29, 1.82) is 0 Å². The molecule has 0 aliphatic rings. The van der Waals surface area contributed by atoms with Crippen LogP contribution in [0.5, 0.6) is 0 Å². The monoisotopic (exact) mass is 355 g/mol. The van der Waals surface area contributed by atoms with Crippen molar-refractivity contribution in [2.75, 3.05) is 13.6 Å². The summed E-state index contributed by atoms with van der Waals surface area (Å²) >= 11 is 5.83. The number of carbonyl (C=O) groups excluding carboxylic acids is 2. The third-order valence-corrected chi connectivity index (χ3v) is 4.20. The Hall–Kier alpha value is -2.79. The third-order valence-electron chi connectivity index (χ3n) is 3.95. The fourth-order valence-electron chi connectivity index (χ4n) is 2.60. The van der Waals surface area contributed by atoms with E-state index in [1.807, 2.05) is 36.4 Å². The molecule has 0 saturated carbocycles. The molecule has 0 saturated heterocycles. The smallest absolute Gasteiger partial charge is 0.256 e. The van der Waals surface area contributed by atoms with Gasteiger partial charge in [-0.05, 0) is 23.8 Å². The van der Waals surface area contributed by atoms with Crippen molar-refractivity contribution in [3.63, 3.8) is 0 Å². The van der Waals surface area contributed by atoms with Crippen molar-refractivity contribution >= 4 is 34.3 Å². The summed E-state index contributed by atoms with van der Waals surface area (Å²) in [6.45, 7) is 0.386. The molecule has 0 bridgehead atoms. The normalized spacial score (nSPS) is 10.6. The predicted octanol–water partition coefficient (Wildman–Crippen LogP) is 3.21. The van der Waals surface area contributed by atoms with Crippen LogP contribution in [-0.2, 0) is 11.3 Å². The maximum atomic E-state index is 12.6. The zero-order valence-corrected chi connectivity index (χ0v) is 14.5. The lowest BCUT2D eigenvalue weighted by molar-refractivity contribution is -0.121. The van der Waals surface area contributed by atoms with E-state index in [-0.39, 0.29) is 18.4 Å². The van der Waals surface area contributed by atoms with Gasteiger partial charge >= 0.3 is 0 Å². The average Bonchev–Trinajstić information content (AvgIpc) is 3.04. The number of likely N-dealkylation sites (N-methyl/N-ethyl adjacent to an activating group) is 1. The fraction of sp³-hybridized carbons (Fsp3) is 0.158. The number of aromatic amines is 1. The summed E-state index contributed by atoms with van der Waals surface area (Å²) in [4.78, 5) is 29.1.